The molecule has 0 saturated carbocycles. The van der Waals surface area contributed by atoms with Crippen molar-refractivity contribution in [2.75, 3.05) is 18.4 Å². The van der Waals surface area contributed by atoms with Crippen molar-refractivity contribution in [3.63, 3.8) is 0 Å². The monoisotopic (exact) mass is 395 g/mol. The molecule has 0 radical (unpaired) electrons. The van der Waals surface area contributed by atoms with E-state index in [-0.39, 0.29) is 30.2 Å². The van der Waals surface area contributed by atoms with Gasteiger partial charge >= 0.3 is 0 Å². The summed E-state index contributed by atoms with van der Waals surface area (Å²) in [5.41, 5.74) is 0.770. The molecule has 2 aliphatic rings. The van der Waals surface area contributed by atoms with Crippen LogP contribution in [0.5, 0.6) is 0 Å². The van der Waals surface area contributed by atoms with E-state index in [4.69, 9.17) is 0 Å². The number of nitrogens with one attached hydrogen (secondary N) is 2. The van der Waals surface area contributed by atoms with Crippen LogP contribution in [-0.2, 0) is 26.8 Å². The van der Waals surface area contributed by atoms with Crippen LogP contribution >= 0.6 is 0 Å². The lowest BCUT2D eigenvalue weighted by Crippen LogP contribution is -2.46. The van der Waals surface area contributed by atoms with Crippen LogP contribution in [0, 0.1) is 5.92 Å². The van der Waals surface area contributed by atoms with E-state index in [1.165, 1.54) is 0 Å². The lowest BCUT2D eigenvalue weighted by atomic mass is 9.74. The number of hydrogen-bond donors (Lipinski definition) is 2. The number of hydrogen-bond acceptors (Lipinski definition) is 4. The van der Waals surface area contributed by atoms with Gasteiger partial charge in [0.25, 0.3) is 0 Å². The van der Waals surface area contributed by atoms with Gasteiger partial charge in [-0.2, -0.15) is 0 Å². The van der Waals surface area contributed by atoms with Gasteiger partial charge in [-0.15, -0.1) is 0 Å². The van der Waals surface area contributed by atoms with Crippen molar-refractivity contribution in [1.82, 2.24) is 19.8 Å². The summed E-state index contributed by atoms with van der Waals surface area (Å²) >= 11 is 0. The summed E-state index contributed by atoms with van der Waals surface area (Å²) in [6.45, 7) is 3.87. The smallest absolute Gasteiger partial charge is 0.242 e. The van der Waals surface area contributed by atoms with Crippen molar-refractivity contribution in [1.29, 1.82) is 0 Å². The van der Waals surface area contributed by atoms with Gasteiger partial charge < -0.3 is 20.1 Å². The number of carbonyl (C=O) groups is 3. The van der Waals surface area contributed by atoms with E-state index < -0.39 is 11.5 Å². The zero-order valence-corrected chi connectivity index (χ0v) is 16.8. The molecule has 8 nitrogen and oxygen atoms in total. The minimum Gasteiger partial charge on any atom is -0.347 e. The molecule has 1 aromatic carbocycles. The van der Waals surface area contributed by atoms with Gasteiger partial charge in [0.15, 0.2) is 0 Å². The topological polar surface area (TPSA) is 96.3 Å². The summed E-state index contributed by atoms with van der Waals surface area (Å²) in [4.78, 5) is 44.4. The predicted octanol–water partition coefficient (Wildman–Crippen LogP) is 1.36. The highest BCUT2D eigenvalue weighted by Crippen LogP contribution is 2.54. The lowest BCUT2D eigenvalue weighted by Gasteiger charge is -2.33. The largest absolute Gasteiger partial charge is 0.347 e. The third-order valence-corrected chi connectivity index (χ3v) is 5.95. The van der Waals surface area contributed by atoms with Crippen LogP contribution in [0.3, 0.4) is 0 Å². The molecule has 1 fully saturated rings. The molecule has 29 heavy (non-hydrogen) atoms. The first-order chi connectivity index (χ1) is 13.9. The van der Waals surface area contributed by atoms with E-state index in [2.05, 4.69) is 15.6 Å². The number of amides is 3. The highest BCUT2D eigenvalue weighted by Gasteiger charge is 2.60. The van der Waals surface area contributed by atoms with Gasteiger partial charge in [-0.1, -0.05) is 32.0 Å². The van der Waals surface area contributed by atoms with Gasteiger partial charge in [-0.25, -0.2) is 4.98 Å². The maximum atomic E-state index is 13.2. The molecule has 0 unspecified atom stereocenters. The van der Waals surface area contributed by atoms with Gasteiger partial charge in [-0.3, -0.25) is 14.4 Å². The normalized spacial score (nSPS) is 22.8. The number of para-hydroxylation sites is 1. The minimum atomic E-state index is -0.895. The van der Waals surface area contributed by atoms with E-state index in [0.717, 1.165) is 11.3 Å². The maximum absolute atomic E-state index is 13.2. The van der Waals surface area contributed by atoms with Crippen LogP contribution in [0.25, 0.3) is 0 Å². The Balaban J connectivity index is 1.74. The number of aromatic nitrogens is 2. The van der Waals surface area contributed by atoms with E-state index in [1.807, 2.05) is 42.1 Å². The highest BCUT2D eigenvalue weighted by molar-refractivity contribution is 6.07. The zero-order valence-electron chi connectivity index (χ0n) is 16.8. The molecule has 1 saturated heterocycles. The van der Waals surface area contributed by atoms with Crippen molar-refractivity contribution in [2.45, 2.75) is 31.7 Å². The first-order valence-electron chi connectivity index (χ1n) is 9.81. The van der Waals surface area contributed by atoms with Crippen molar-refractivity contribution in [3.05, 3.63) is 48.0 Å². The number of imidazole rings is 1. The predicted molar refractivity (Wildman–Crippen MR) is 107 cm³/mol. The maximum Gasteiger partial charge on any atom is 0.242 e. The van der Waals surface area contributed by atoms with Gasteiger partial charge in [0, 0.05) is 37.6 Å². The second-order valence-electron chi connectivity index (χ2n) is 7.98. The zero-order chi connectivity index (χ0) is 20.8. The fourth-order valence-electron chi connectivity index (χ4n) is 4.42. The van der Waals surface area contributed by atoms with Crippen LogP contribution in [0.2, 0.25) is 0 Å². The first kappa shape index (κ1) is 19.2. The van der Waals surface area contributed by atoms with Crippen molar-refractivity contribution in [2.24, 2.45) is 13.0 Å². The molecule has 3 heterocycles. The molecule has 1 spiro atoms. The lowest BCUT2D eigenvalue weighted by molar-refractivity contribution is -0.135. The second-order valence-corrected chi connectivity index (χ2v) is 7.98. The summed E-state index contributed by atoms with van der Waals surface area (Å²) in [6, 6.07) is 7.06. The molecule has 152 valence electrons. The Kier molecular flexibility index (Phi) is 4.64. The Morgan fingerprint density at radius 1 is 1.34 bits per heavy atom. The van der Waals surface area contributed by atoms with Crippen LogP contribution in [0.4, 0.5) is 5.69 Å². The number of aryl methyl sites for hydroxylation is 1. The number of nitrogens with zero attached hydrogens (tertiary/aromatic N) is 3. The number of carbonyl (C=O) groups excluding carboxylic acids is 3. The molecule has 2 N–H and O–H groups in total. The van der Waals surface area contributed by atoms with E-state index in [9.17, 15) is 14.4 Å². The van der Waals surface area contributed by atoms with E-state index >= 15 is 0 Å². The molecular formula is C21H25N5O3. The Bertz CT molecular complexity index is 982. The quantitative estimate of drug-likeness (QED) is 0.817. The molecule has 8 heteroatoms. The summed E-state index contributed by atoms with van der Waals surface area (Å²) in [6.07, 6.45) is 3.98. The molecule has 1 aromatic heterocycles. The van der Waals surface area contributed by atoms with Crippen molar-refractivity contribution < 1.29 is 14.4 Å². The third-order valence-electron chi connectivity index (χ3n) is 5.95. The average molecular weight is 395 g/mol. The number of rotatable bonds is 4. The SMILES string of the molecule is CC(C)C(=O)NCC(=O)N1CC[C@]2(C(=O)Nc3ccccc32)[C@@H]1c1nccn1C. The highest BCUT2D eigenvalue weighted by atomic mass is 16.2. The molecule has 3 amide bonds. The summed E-state index contributed by atoms with van der Waals surface area (Å²) in [7, 11) is 1.86. The number of fused-ring (bicyclic) bond motifs is 2. The molecule has 2 aliphatic heterocycles. The Labute approximate surface area is 169 Å². The Morgan fingerprint density at radius 3 is 2.79 bits per heavy atom. The minimum absolute atomic E-state index is 0.0999. The van der Waals surface area contributed by atoms with E-state index in [1.54, 1.807) is 24.9 Å². The molecule has 4 rings (SSSR count). The number of likely N-dealkylation sites (tertiary alicyclic amines) is 1. The van der Waals surface area contributed by atoms with Crippen molar-refractivity contribution >= 4 is 23.4 Å². The molecular weight excluding hydrogens is 370 g/mol. The summed E-state index contributed by atoms with van der Waals surface area (Å²) in [5, 5.41) is 5.67. The number of anilines is 1. The summed E-state index contributed by atoms with van der Waals surface area (Å²) in [5.74, 6) is -0.0672. The van der Waals surface area contributed by atoms with Gasteiger partial charge in [0.2, 0.25) is 17.7 Å². The van der Waals surface area contributed by atoms with Gasteiger partial charge in [-0.05, 0) is 18.1 Å². The molecule has 0 aliphatic carbocycles. The van der Waals surface area contributed by atoms with Crippen LogP contribution in [0.1, 0.15) is 37.7 Å². The first-order valence-corrected chi connectivity index (χ1v) is 9.81. The van der Waals surface area contributed by atoms with Gasteiger partial charge in [0.1, 0.15) is 17.3 Å². The van der Waals surface area contributed by atoms with Crippen molar-refractivity contribution in [3.8, 4) is 0 Å². The molecule has 2 atom stereocenters. The standard InChI is InChI=1S/C21H25N5O3/c1-13(2)19(28)23-12-16(27)26-10-8-21(17(26)18-22-9-11-25(18)3)14-6-4-5-7-15(14)24-20(21)29/h4-7,9,11,13,17H,8,10,12H2,1-3H3,(H,23,28)(H,24,29)/t17-,21+/m0/s1. The average Bonchev–Trinajstić information content (AvgIpc) is 3.37. The molecule has 2 aromatic rings. The Morgan fingerprint density at radius 2 is 2.10 bits per heavy atom. The van der Waals surface area contributed by atoms with E-state index in [0.29, 0.717) is 18.8 Å². The third kappa shape index (κ3) is 2.90. The molecule has 0 bridgehead atoms. The number of benzene rings is 1. The van der Waals surface area contributed by atoms with Gasteiger partial charge in [0.05, 0.1) is 6.54 Å². The summed E-state index contributed by atoms with van der Waals surface area (Å²) < 4.78 is 1.85. The Hall–Kier alpha value is -3.16. The fourth-order valence-corrected chi connectivity index (χ4v) is 4.42. The second kappa shape index (κ2) is 7.02. The van der Waals surface area contributed by atoms with Crippen LogP contribution in [-0.4, -0.2) is 45.3 Å². The fraction of sp³-hybridized carbons (Fsp3) is 0.429. The van der Waals surface area contributed by atoms with Crippen LogP contribution in [0.15, 0.2) is 36.7 Å². The van der Waals surface area contributed by atoms with Crippen LogP contribution < -0.4 is 10.6 Å².